The lowest BCUT2D eigenvalue weighted by atomic mass is 10.2. The van der Waals surface area contributed by atoms with E-state index in [0.29, 0.717) is 6.54 Å². The van der Waals surface area contributed by atoms with Crippen LogP contribution in [0.25, 0.3) is 11.0 Å². The van der Waals surface area contributed by atoms with E-state index in [1.807, 2.05) is 29.7 Å². The fourth-order valence-corrected chi connectivity index (χ4v) is 2.50. The first-order valence-corrected chi connectivity index (χ1v) is 6.52. The van der Waals surface area contributed by atoms with Crippen molar-refractivity contribution in [2.75, 3.05) is 5.75 Å². The minimum Gasteiger partial charge on any atom is -0.481 e. The number of carboxylic acid groups (broad SMARTS) is 1. The zero-order chi connectivity index (χ0) is 13.1. The normalized spacial score (nSPS) is 10.7. The number of thioether (sulfide) groups is 1. The molecule has 1 aromatic heterocycles. The van der Waals surface area contributed by atoms with Gasteiger partial charge in [-0.15, -0.1) is 6.58 Å². The summed E-state index contributed by atoms with van der Waals surface area (Å²) in [6.07, 6.45) is 1.78. The number of aromatic nitrogens is 2. The second kappa shape index (κ2) is 5.27. The molecular weight excluding hydrogens is 248 g/mol. The van der Waals surface area contributed by atoms with Gasteiger partial charge in [0.2, 0.25) is 0 Å². The quantitative estimate of drug-likeness (QED) is 0.665. The summed E-state index contributed by atoms with van der Waals surface area (Å²) in [5.41, 5.74) is 3.04. The molecule has 2 rings (SSSR count). The van der Waals surface area contributed by atoms with Gasteiger partial charge in [0.1, 0.15) is 0 Å². The van der Waals surface area contributed by atoms with Gasteiger partial charge in [0.05, 0.1) is 16.8 Å². The summed E-state index contributed by atoms with van der Waals surface area (Å²) in [5.74, 6) is -0.826. The first-order valence-electron chi connectivity index (χ1n) is 5.54. The van der Waals surface area contributed by atoms with Crippen LogP contribution in [0.3, 0.4) is 0 Å². The topological polar surface area (TPSA) is 55.1 Å². The van der Waals surface area contributed by atoms with E-state index in [2.05, 4.69) is 11.6 Å². The second-order valence-corrected chi connectivity index (χ2v) is 4.91. The zero-order valence-electron chi connectivity index (χ0n) is 10.1. The molecule has 0 saturated carbocycles. The Morgan fingerprint density at radius 3 is 3.06 bits per heavy atom. The number of imidazole rings is 1. The fourth-order valence-electron chi connectivity index (χ4n) is 1.76. The Balaban J connectivity index is 2.46. The summed E-state index contributed by atoms with van der Waals surface area (Å²) in [7, 11) is 0. The summed E-state index contributed by atoms with van der Waals surface area (Å²) in [4.78, 5) is 15.1. The van der Waals surface area contributed by atoms with E-state index in [0.717, 1.165) is 21.8 Å². The summed E-state index contributed by atoms with van der Waals surface area (Å²) < 4.78 is 1.98. The lowest BCUT2D eigenvalue weighted by Gasteiger charge is -2.04. The van der Waals surface area contributed by atoms with Crippen molar-refractivity contribution >= 4 is 28.8 Å². The second-order valence-electron chi connectivity index (χ2n) is 3.97. The molecule has 0 aliphatic rings. The monoisotopic (exact) mass is 262 g/mol. The summed E-state index contributed by atoms with van der Waals surface area (Å²) >= 11 is 1.23. The molecular formula is C13H14N2O2S. The number of aliphatic carboxylic acids is 1. The van der Waals surface area contributed by atoms with Crippen molar-refractivity contribution in [3.63, 3.8) is 0 Å². The van der Waals surface area contributed by atoms with Gasteiger partial charge in [-0.1, -0.05) is 23.9 Å². The maximum atomic E-state index is 10.6. The first kappa shape index (κ1) is 12.7. The predicted octanol–water partition coefficient (Wildman–Crippen LogP) is 2.71. The van der Waals surface area contributed by atoms with Crippen LogP contribution in [-0.4, -0.2) is 26.4 Å². The molecule has 2 aromatic rings. The van der Waals surface area contributed by atoms with Crippen LogP contribution < -0.4 is 0 Å². The van der Waals surface area contributed by atoms with E-state index in [4.69, 9.17) is 5.11 Å². The Kier molecular flexibility index (Phi) is 3.72. The third kappa shape index (κ3) is 2.56. The molecule has 1 aromatic carbocycles. The Bertz CT molecular complexity index is 604. The minimum absolute atomic E-state index is 0.0133. The van der Waals surface area contributed by atoms with Crippen LogP contribution in [0.4, 0.5) is 0 Å². The summed E-state index contributed by atoms with van der Waals surface area (Å²) in [6, 6.07) is 6.03. The highest BCUT2D eigenvalue weighted by Gasteiger charge is 2.11. The molecule has 0 aliphatic carbocycles. The van der Waals surface area contributed by atoms with Gasteiger partial charge in [-0.2, -0.15) is 0 Å². The molecule has 5 heteroatoms. The van der Waals surface area contributed by atoms with Crippen LogP contribution in [-0.2, 0) is 11.3 Å². The van der Waals surface area contributed by atoms with Crippen molar-refractivity contribution in [1.82, 2.24) is 9.55 Å². The molecule has 0 radical (unpaired) electrons. The molecule has 0 spiro atoms. The average Bonchev–Trinajstić information content (AvgIpc) is 2.64. The van der Waals surface area contributed by atoms with Crippen molar-refractivity contribution in [3.8, 4) is 0 Å². The van der Waals surface area contributed by atoms with Crippen molar-refractivity contribution < 1.29 is 9.90 Å². The number of carbonyl (C=O) groups is 1. The molecule has 1 N–H and O–H groups in total. The number of rotatable bonds is 5. The maximum Gasteiger partial charge on any atom is 0.313 e. The number of hydrogen-bond donors (Lipinski definition) is 1. The summed E-state index contributed by atoms with van der Waals surface area (Å²) in [6.45, 7) is 6.36. The highest BCUT2D eigenvalue weighted by atomic mass is 32.2. The molecule has 0 aliphatic heterocycles. The number of hydrogen-bond acceptors (Lipinski definition) is 3. The average molecular weight is 262 g/mol. The predicted molar refractivity (Wildman–Crippen MR) is 73.0 cm³/mol. The summed E-state index contributed by atoms with van der Waals surface area (Å²) in [5, 5.41) is 9.46. The molecule has 0 amide bonds. The lowest BCUT2D eigenvalue weighted by Crippen LogP contribution is -2.02. The molecule has 0 fully saturated rings. The van der Waals surface area contributed by atoms with Gasteiger partial charge in [0.25, 0.3) is 0 Å². The Morgan fingerprint density at radius 1 is 1.61 bits per heavy atom. The van der Waals surface area contributed by atoms with Crippen LogP contribution >= 0.6 is 11.8 Å². The first-order chi connectivity index (χ1) is 8.61. The zero-order valence-corrected chi connectivity index (χ0v) is 10.9. The molecule has 94 valence electrons. The number of benzene rings is 1. The number of allylic oxidation sites excluding steroid dienone is 1. The Morgan fingerprint density at radius 2 is 2.39 bits per heavy atom. The van der Waals surface area contributed by atoms with Crippen molar-refractivity contribution in [2.24, 2.45) is 0 Å². The number of fused-ring (bicyclic) bond motifs is 1. The van der Waals surface area contributed by atoms with Gasteiger partial charge in [0.15, 0.2) is 5.16 Å². The van der Waals surface area contributed by atoms with Crippen LogP contribution in [0.2, 0.25) is 0 Å². The van der Waals surface area contributed by atoms with E-state index in [1.54, 1.807) is 6.08 Å². The van der Waals surface area contributed by atoms with E-state index < -0.39 is 5.97 Å². The standard InChI is InChI=1S/C13H14N2O2S/c1-3-6-15-11-5-4-9(2)7-10(11)14-13(15)18-8-12(16)17/h3-5,7H,1,6,8H2,2H3,(H,16,17). The van der Waals surface area contributed by atoms with Crippen molar-refractivity contribution in [1.29, 1.82) is 0 Å². The molecule has 1 heterocycles. The van der Waals surface area contributed by atoms with Gasteiger partial charge < -0.3 is 9.67 Å². The van der Waals surface area contributed by atoms with Gasteiger partial charge in [-0.05, 0) is 24.6 Å². The molecule has 18 heavy (non-hydrogen) atoms. The Labute approximate surface area is 109 Å². The third-order valence-corrected chi connectivity index (χ3v) is 3.47. The van der Waals surface area contributed by atoms with Crippen LogP contribution in [0, 0.1) is 6.92 Å². The smallest absolute Gasteiger partial charge is 0.313 e. The molecule has 0 atom stereocenters. The highest BCUT2D eigenvalue weighted by Crippen LogP contribution is 2.24. The molecule has 0 saturated heterocycles. The number of nitrogens with zero attached hydrogens (tertiary/aromatic N) is 2. The van der Waals surface area contributed by atoms with Crippen LogP contribution in [0.15, 0.2) is 36.0 Å². The van der Waals surface area contributed by atoms with Gasteiger partial charge in [-0.3, -0.25) is 4.79 Å². The largest absolute Gasteiger partial charge is 0.481 e. The number of aryl methyl sites for hydroxylation is 1. The van der Waals surface area contributed by atoms with Crippen molar-refractivity contribution in [2.45, 2.75) is 18.6 Å². The molecule has 0 bridgehead atoms. The van der Waals surface area contributed by atoms with Crippen molar-refractivity contribution in [3.05, 3.63) is 36.4 Å². The van der Waals surface area contributed by atoms with E-state index in [9.17, 15) is 4.79 Å². The van der Waals surface area contributed by atoms with E-state index in [1.165, 1.54) is 11.8 Å². The minimum atomic E-state index is -0.839. The molecule has 0 unspecified atom stereocenters. The van der Waals surface area contributed by atoms with Crippen LogP contribution in [0.1, 0.15) is 5.56 Å². The molecule has 4 nitrogen and oxygen atoms in total. The van der Waals surface area contributed by atoms with Gasteiger partial charge >= 0.3 is 5.97 Å². The lowest BCUT2D eigenvalue weighted by molar-refractivity contribution is -0.133. The van der Waals surface area contributed by atoms with E-state index in [-0.39, 0.29) is 5.75 Å². The van der Waals surface area contributed by atoms with Gasteiger partial charge in [-0.25, -0.2) is 4.98 Å². The SMILES string of the molecule is C=CCn1c(SCC(=O)O)nc2cc(C)ccc21. The van der Waals surface area contributed by atoms with Gasteiger partial charge in [0, 0.05) is 6.54 Å². The third-order valence-electron chi connectivity index (χ3n) is 2.51. The van der Waals surface area contributed by atoms with Crippen LogP contribution in [0.5, 0.6) is 0 Å². The fraction of sp³-hybridized carbons (Fsp3) is 0.231. The number of carboxylic acids is 1. The Hall–Kier alpha value is -1.75. The highest BCUT2D eigenvalue weighted by molar-refractivity contribution is 7.99. The maximum absolute atomic E-state index is 10.6. The van der Waals surface area contributed by atoms with E-state index >= 15 is 0 Å².